The molecule has 0 radical (unpaired) electrons. The topological polar surface area (TPSA) is 79.9 Å². The second-order valence-corrected chi connectivity index (χ2v) is 7.97. The van der Waals surface area contributed by atoms with Gasteiger partial charge in [-0.25, -0.2) is 4.79 Å². The van der Waals surface area contributed by atoms with Gasteiger partial charge in [0.15, 0.2) is 0 Å². The van der Waals surface area contributed by atoms with E-state index in [1.807, 2.05) is 51.1 Å². The first-order valence-corrected chi connectivity index (χ1v) is 10.1. The van der Waals surface area contributed by atoms with Gasteiger partial charge < -0.3 is 25.0 Å². The number of carbonyl (C=O) groups is 2. The van der Waals surface area contributed by atoms with Gasteiger partial charge in [0.25, 0.3) is 0 Å². The first-order chi connectivity index (χ1) is 14.3. The van der Waals surface area contributed by atoms with Crippen molar-refractivity contribution in [2.75, 3.05) is 30.5 Å². The Bertz CT molecular complexity index is 909. The molecule has 2 aromatic rings. The Morgan fingerprint density at radius 3 is 2.60 bits per heavy atom. The summed E-state index contributed by atoms with van der Waals surface area (Å²) in [5, 5.41) is 5.66. The Kier molecular flexibility index (Phi) is 6.50. The molecule has 0 atom stereocenters. The third-order valence-electron chi connectivity index (χ3n) is 4.98. The van der Waals surface area contributed by atoms with Gasteiger partial charge in [0.2, 0.25) is 5.91 Å². The van der Waals surface area contributed by atoms with Crippen molar-refractivity contribution in [3.8, 4) is 11.5 Å². The Balaban J connectivity index is 1.68. The number of anilines is 2. The zero-order chi connectivity index (χ0) is 21.7. The van der Waals surface area contributed by atoms with Crippen molar-refractivity contribution in [1.29, 1.82) is 0 Å². The molecule has 7 nitrogen and oxygen atoms in total. The highest BCUT2D eigenvalue weighted by Gasteiger charge is 2.37. The van der Waals surface area contributed by atoms with E-state index in [-0.39, 0.29) is 18.5 Å². The van der Waals surface area contributed by atoms with Crippen LogP contribution in [0.2, 0.25) is 0 Å². The van der Waals surface area contributed by atoms with Gasteiger partial charge in [0, 0.05) is 24.8 Å². The van der Waals surface area contributed by atoms with Gasteiger partial charge in [-0.05, 0) is 50.1 Å². The Labute approximate surface area is 177 Å². The summed E-state index contributed by atoms with van der Waals surface area (Å²) in [6, 6.07) is 12.5. The van der Waals surface area contributed by atoms with E-state index >= 15 is 0 Å². The predicted molar refractivity (Wildman–Crippen MR) is 117 cm³/mol. The molecular weight excluding hydrogens is 382 g/mol. The summed E-state index contributed by atoms with van der Waals surface area (Å²) in [7, 11) is 1.61. The van der Waals surface area contributed by atoms with E-state index in [1.54, 1.807) is 24.1 Å². The molecule has 0 bridgehead atoms. The second kappa shape index (κ2) is 9.07. The maximum absolute atomic E-state index is 12.9. The summed E-state index contributed by atoms with van der Waals surface area (Å²) < 4.78 is 11.1. The van der Waals surface area contributed by atoms with Gasteiger partial charge >= 0.3 is 6.03 Å². The number of urea groups is 1. The molecular formula is C23H29N3O4. The molecule has 3 rings (SSSR count). The third-order valence-corrected chi connectivity index (χ3v) is 4.98. The third kappa shape index (κ3) is 4.84. The van der Waals surface area contributed by atoms with Crippen LogP contribution in [0.1, 0.15) is 32.8 Å². The number of methoxy groups -OCH3 is 1. The minimum Gasteiger partial charge on any atom is -0.497 e. The summed E-state index contributed by atoms with van der Waals surface area (Å²) >= 11 is 0. The highest BCUT2D eigenvalue weighted by atomic mass is 16.5. The quantitative estimate of drug-likeness (QED) is 0.747. The molecule has 0 saturated carbocycles. The number of benzene rings is 2. The summed E-state index contributed by atoms with van der Waals surface area (Å²) in [5.41, 5.74) is 1.69. The number of amides is 3. The van der Waals surface area contributed by atoms with Crippen LogP contribution in [0.4, 0.5) is 16.2 Å². The number of fused-ring (bicyclic) bond motifs is 1. The highest BCUT2D eigenvalue weighted by Crippen LogP contribution is 2.38. The normalized spacial score (nSPS) is 14.9. The van der Waals surface area contributed by atoms with Gasteiger partial charge in [0.1, 0.15) is 18.1 Å². The standard InChI is InChI=1S/C23H29N3O4/c1-5-12-26-19-11-8-17(13-20(19)30-15-23(2,3)21(26)27)25-22(28)24-14-16-6-9-18(29-4)10-7-16/h6-11,13H,5,12,14-15H2,1-4H3,(H2,24,25,28). The average molecular weight is 412 g/mol. The average Bonchev–Trinajstić information content (AvgIpc) is 2.83. The van der Waals surface area contributed by atoms with Crippen molar-refractivity contribution in [1.82, 2.24) is 5.32 Å². The molecule has 0 spiro atoms. The van der Waals surface area contributed by atoms with E-state index in [2.05, 4.69) is 10.6 Å². The van der Waals surface area contributed by atoms with Gasteiger partial charge in [-0.2, -0.15) is 0 Å². The van der Waals surface area contributed by atoms with Crippen molar-refractivity contribution in [3.63, 3.8) is 0 Å². The molecule has 2 aromatic carbocycles. The molecule has 2 N–H and O–H groups in total. The van der Waals surface area contributed by atoms with Crippen molar-refractivity contribution < 1.29 is 19.1 Å². The number of nitrogens with zero attached hydrogens (tertiary/aromatic N) is 1. The van der Waals surface area contributed by atoms with Crippen LogP contribution in [-0.4, -0.2) is 32.2 Å². The van der Waals surface area contributed by atoms with Crippen LogP contribution in [0, 0.1) is 5.41 Å². The molecule has 0 aromatic heterocycles. The lowest BCUT2D eigenvalue weighted by Crippen LogP contribution is -2.42. The molecule has 30 heavy (non-hydrogen) atoms. The van der Waals surface area contributed by atoms with Gasteiger partial charge in [-0.3, -0.25) is 4.79 Å². The monoisotopic (exact) mass is 411 g/mol. The zero-order valence-corrected chi connectivity index (χ0v) is 18.0. The van der Waals surface area contributed by atoms with Gasteiger partial charge in [0.05, 0.1) is 18.2 Å². The first-order valence-electron chi connectivity index (χ1n) is 10.1. The van der Waals surface area contributed by atoms with Crippen LogP contribution in [-0.2, 0) is 11.3 Å². The number of rotatable bonds is 6. The Morgan fingerprint density at radius 2 is 1.93 bits per heavy atom. The van der Waals surface area contributed by atoms with Gasteiger partial charge in [-0.1, -0.05) is 19.1 Å². The molecule has 1 aliphatic heterocycles. The number of hydrogen-bond acceptors (Lipinski definition) is 4. The van der Waals surface area contributed by atoms with E-state index in [0.29, 0.717) is 24.5 Å². The molecule has 160 valence electrons. The first kappa shape index (κ1) is 21.5. The SMILES string of the molecule is CCCN1C(=O)C(C)(C)COc2cc(NC(=O)NCc3ccc(OC)cc3)ccc21. The minimum atomic E-state index is -0.614. The van der Waals surface area contributed by atoms with Crippen LogP contribution >= 0.6 is 0 Å². The molecule has 3 amide bonds. The Morgan fingerprint density at radius 1 is 1.20 bits per heavy atom. The minimum absolute atomic E-state index is 0.0426. The Hall–Kier alpha value is -3.22. The van der Waals surface area contributed by atoms with E-state index < -0.39 is 5.41 Å². The van der Waals surface area contributed by atoms with E-state index in [4.69, 9.17) is 9.47 Å². The zero-order valence-electron chi connectivity index (χ0n) is 18.0. The molecule has 0 unspecified atom stereocenters. The number of nitrogens with one attached hydrogen (secondary N) is 2. The van der Waals surface area contributed by atoms with Crippen molar-refractivity contribution >= 4 is 23.3 Å². The molecule has 1 heterocycles. The van der Waals surface area contributed by atoms with Gasteiger partial charge in [-0.15, -0.1) is 0 Å². The van der Waals surface area contributed by atoms with Crippen LogP contribution in [0.25, 0.3) is 0 Å². The number of ether oxygens (including phenoxy) is 2. The molecule has 0 saturated heterocycles. The fourth-order valence-electron chi connectivity index (χ4n) is 3.27. The second-order valence-electron chi connectivity index (χ2n) is 7.97. The van der Waals surface area contributed by atoms with Crippen LogP contribution in [0.15, 0.2) is 42.5 Å². The lowest BCUT2D eigenvalue weighted by atomic mass is 9.93. The molecule has 7 heteroatoms. The smallest absolute Gasteiger partial charge is 0.319 e. The summed E-state index contributed by atoms with van der Waals surface area (Å²) in [4.78, 5) is 27.0. The summed E-state index contributed by atoms with van der Waals surface area (Å²) in [6.45, 7) is 7.10. The lowest BCUT2D eigenvalue weighted by Gasteiger charge is -2.27. The lowest BCUT2D eigenvalue weighted by molar-refractivity contribution is -0.127. The van der Waals surface area contributed by atoms with Crippen LogP contribution in [0.3, 0.4) is 0 Å². The summed E-state index contributed by atoms with van der Waals surface area (Å²) in [5.74, 6) is 1.41. The maximum Gasteiger partial charge on any atom is 0.319 e. The molecule has 1 aliphatic rings. The largest absolute Gasteiger partial charge is 0.497 e. The predicted octanol–water partition coefficient (Wildman–Crippen LogP) is 4.18. The fourth-order valence-corrected chi connectivity index (χ4v) is 3.27. The highest BCUT2D eigenvalue weighted by molar-refractivity contribution is 6.00. The fraction of sp³-hybridized carbons (Fsp3) is 0.391. The van der Waals surface area contributed by atoms with Crippen LogP contribution in [0.5, 0.6) is 11.5 Å². The van der Waals surface area contributed by atoms with E-state index in [0.717, 1.165) is 23.4 Å². The van der Waals surface area contributed by atoms with Crippen molar-refractivity contribution in [2.45, 2.75) is 33.7 Å². The summed E-state index contributed by atoms with van der Waals surface area (Å²) in [6.07, 6.45) is 0.842. The maximum atomic E-state index is 12.9. The number of carbonyl (C=O) groups excluding carboxylic acids is 2. The number of hydrogen-bond donors (Lipinski definition) is 2. The van der Waals surface area contributed by atoms with E-state index in [1.165, 1.54) is 0 Å². The molecule has 0 fully saturated rings. The van der Waals surface area contributed by atoms with Crippen molar-refractivity contribution in [3.05, 3.63) is 48.0 Å². The van der Waals surface area contributed by atoms with Crippen LogP contribution < -0.4 is 25.0 Å². The van der Waals surface area contributed by atoms with Crippen molar-refractivity contribution in [2.24, 2.45) is 5.41 Å². The molecule has 0 aliphatic carbocycles. The van der Waals surface area contributed by atoms with E-state index in [9.17, 15) is 9.59 Å².